The van der Waals surface area contributed by atoms with Gasteiger partial charge in [0.15, 0.2) is 17.2 Å². The van der Waals surface area contributed by atoms with Crippen LogP contribution in [0.15, 0.2) is 18.3 Å². The van der Waals surface area contributed by atoms with Gasteiger partial charge < -0.3 is 13.8 Å². The predicted octanol–water partition coefficient (Wildman–Crippen LogP) is 3.50. The van der Waals surface area contributed by atoms with Crippen LogP contribution in [-0.2, 0) is 10.1 Å². The molecule has 5 rings (SSSR count). The second kappa shape index (κ2) is 7.68. The highest BCUT2D eigenvalue weighted by molar-refractivity contribution is 7.87. The number of ether oxygens (including phenoxy) is 1. The van der Waals surface area contributed by atoms with Gasteiger partial charge in [-0.1, -0.05) is 0 Å². The van der Waals surface area contributed by atoms with Crippen molar-refractivity contribution < 1.29 is 57.0 Å². The Labute approximate surface area is 200 Å². The molecule has 0 radical (unpaired) electrons. The van der Waals surface area contributed by atoms with Crippen LogP contribution in [0, 0.1) is 11.6 Å². The van der Waals surface area contributed by atoms with Crippen LogP contribution in [0.3, 0.4) is 0 Å². The van der Waals surface area contributed by atoms with E-state index in [0.29, 0.717) is 21.7 Å². The van der Waals surface area contributed by atoms with Gasteiger partial charge in [-0.2, -0.15) is 44.8 Å². The molecule has 1 amide bonds. The molecule has 3 heterocycles. The fourth-order valence-corrected chi connectivity index (χ4v) is 4.71. The molecule has 2 atom stereocenters. The van der Waals surface area contributed by atoms with Gasteiger partial charge >= 0.3 is 22.2 Å². The molecular formula is C19H11F7N4O5S. The molecule has 0 fully saturated rings. The molecule has 2 aliphatic rings. The number of carbonyl (C=O) groups excluding carboxylic acids is 1. The highest BCUT2D eigenvalue weighted by Crippen LogP contribution is 2.53. The monoisotopic (exact) mass is 543 g/mol. The largest absolute Gasteiger partial charge is 0.534 e. The zero-order valence-corrected chi connectivity index (χ0v) is 17.9. The van der Waals surface area contributed by atoms with Crippen LogP contribution in [0.5, 0.6) is 11.6 Å². The van der Waals surface area contributed by atoms with E-state index in [1.165, 1.54) is 0 Å². The summed E-state index contributed by atoms with van der Waals surface area (Å²) in [5.41, 5.74) is -8.14. The van der Waals surface area contributed by atoms with E-state index in [0.717, 1.165) is 6.07 Å². The first kappa shape index (κ1) is 20.6. The van der Waals surface area contributed by atoms with Crippen molar-refractivity contribution >= 4 is 21.7 Å². The van der Waals surface area contributed by atoms with Crippen LogP contribution in [0.2, 0.25) is 0 Å². The van der Waals surface area contributed by atoms with E-state index in [-0.39, 0.29) is 11.3 Å². The Kier molecular flexibility index (Phi) is 4.39. The lowest BCUT2D eigenvalue weighted by Crippen LogP contribution is -2.30. The number of hydrogen-bond donors (Lipinski definition) is 0. The lowest BCUT2D eigenvalue weighted by atomic mass is 9.89. The van der Waals surface area contributed by atoms with Gasteiger partial charge in [0.1, 0.15) is 0 Å². The molecule has 0 unspecified atom stereocenters. The Bertz CT molecular complexity index is 1650. The maximum absolute atomic E-state index is 14.7. The fraction of sp³-hybridized carbons (Fsp3) is 0.316. The number of aromatic nitrogens is 3. The van der Waals surface area contributed by atoms with E-state index < -0.39 is 93.5 Å². The van der Waals surface area contributed by atoms with Crippen LogP contribution in [0.4, 0.5) is 30.7 Å². The van der Waals surface area contributed by atoms with Gasteiger partial charge in [0.25, 0.3) is 11.8 Å². The molecule has 0 spiro atoms. The zero-order valence-electron chi connectivity index (χ0n) is 20.1. The first-order valence-corrected chi connectivity index (χ1v) is 11.0. The number of halogens is 7. The highest BCUT2D eigenvalue weighted by Gasteiger charge is 2.50. The molecular weight excluding hydrogens is 529 g/mol. The standard InChI is InChI=1S/C19H11F7N4O5S/c1-29-10-4-7(11-6(17(29)31)2-3-8(20)14(11)34-18(22)23)12-13(10)28-30-5-9(21)16(27-15(12)30)35-36(32,33)19(24,25)26/h2-3,5,7,10,18H,4H2,1H3/t7-,10-/m1/s1/i1D3. The molecule has 1 aliphatic heterocycles. The Balaban J connectivity index is 1.81. The number of fused-ring (bicyclic) bond motifs is 9. The molecule has 0 saturated carbocycles. The smallest absolute Gasteiger partial charge is 0.431 e. The van der Waals surface area contributed by atoms with Gasteiger partial charge in [0.05, 0.1) is 17.9 Å². The SMILES string of the molecule is [2H]C([2H])([2H])N1C(=O)c2ccc(F)c(OC(F)F)c2[C@H]2C[C@@H]1c1nn3cc(F)c(OS(=O)(=O)C(F)(F)F)nc3c12. The van der Waals surface area contributed by atoms with Crippen molar-refractivity contribution in [1.29, 1.82) is 0 Å². The number of rotatable bonds is 4. The summed E-state index contributed by atoms with van der Waals surface area (Å²) in [5.74, 6) is -8.46. The third-order valence-corrected chi connectivity index (χ3v) is 6.60. The van der Waals surface area contributed by atoms with E-state index in [2.05, 4.69) is 19.0 Å². The summed E-state index contributed by atoms with van der Waals surface area (Å²) in [7, 11) is -6.38. The van der Waals surface area contributed by atoms with Crippen molar-refractivity contribution in [3.8, 4) is 11.6 Å². The molecule has 2 aromatic heterocycles. The van der Waals surface area contributed by atoms with Crippen LogP contribution in [0.25, 0.3) is 5.65 Å². The van der Waals surface area contributed by atoms with Gasteiger partial charge in [0.2, 0.25) is 5.82 Å². The predicted molar refractivity (Wildman–Crippen MR) is 103 cm³/mol. The minimum Gasteiger partial charge on any atom is -0.431 e. The molecule has 192 valence electrons. The van der Waals surface area contributed by atoms with Crippen LogP contribution in [0.1, 0.15) is 49.7 Å². The summed E-state index contributed by atoms with van der Waals surface area (Å²) >= 11 is 0. The third-order valence-electron chi connectivity index (χ3n) is 5.66. The van der Waals surface area contributed by atoms with Crippen molar-refractivity contribution in [2.75, 3.05) is 6.98 Å². The average molecular weight is 543 g/mol. The van der Waals surface area contributed by atoms with Crippen molar-refractivity contribution in [2.45, 2.75) is 30.5 Å². The molecule has 9 nitrogen and oxygen atoms in total. The van der Waals surface area contributed by atoms with E-state index in [1.807, 2.05) is 0 Å². The summed E-state index contributed by atoms with van der Waals surface area (Å²) in [6.07, 6.45) is -0.0388. The summed E-state index contributed by atoms with van der Waals surface area (Å²) in [5, 5.41) is 3.97. The number of hydrogen-bond acceptors (Lipinski definition) is 7. The van der Waals surface area contributed by atoms with Crippen molar-refractivity contribution in [2.24, 2.45) is 0 Å². The summed E-state index contributed by atoms with van der Waals surface area (Å²) in [6.45, 7) is -6.76. The molecule has 0 N–H and O–H groups in total. The van der Waals surface area contributed by atoms with Crippen LogP contribution in [-0.4, -0.2) is 52.9 Å². The van der Waals surface area contributed by atoms with E-state index in [4.69, 9.17) is 4.11 Å². The average Bonchev–Trinajstić information content (AvgIpc) is 3.26. The molecule has 1 aromatic carbocycles. The fourth-order valence-electron chi connectivity index (χ4n) is 4.29. The zero-order chi connectivity index (χ0) is 28.8. The van der Waals surface area contributed by atoms with Gasteiger partial charge in [-0.05, 0) is 18.6 Å². The Hall–Kier alpha value is -3.63. The lowest BCUT2D eigenvalue weighted by Gasteiger charge is -2.23. The van der Waals surface area contributed by atoms with E-state index in [9.17, 15) is 43.9 Å². The maximum atomic E-state index is 14.7. The minimum atomic E-state index is -6.38. The topological polar surface area (TPSA) is 103 Å². The van der Waals surface area contributed by atoms with Gasteiger partial charge in [-0.3, -0.25) is 4.79 Å². The molecule has 36 heavy (non-hydrogen) atoms. The number of amides is 1. The van der Waals surface area contributed by atoms with E-state index in [1.54, 1.807) is 0 Å². The number of benzene rings is 1. The quantitative estimate of drug-likeness (QED) is 0.282. The molecule has 1 aliphatic carbocycles. The molecule has 3 aromatic rings. The van der Waals surface area contributed by atoms with E-state index >= 15 is 0 Å². The maximum Gasteiger partial charge on any atom is 0.534 e. The number of alkyl halides is 5. The molecule has 2 bridgehead atoms. The number of nitrogens with zero attached hydrogens (tertiary/aromatic N) is 4. The first-order chi connectivity index (χ1) is 17.9. The van der Waals surface area contributed by atoms with Crippen LogP contribution < -0.4 is 8.92 Å². The first-order valence-electron chi connectivity index (χ1n) is 11.1. The normalized spacial score (nSPS) is 21.1. The Morgan fingerprint density at radius 2 is 1.92 bits per heavy atom. The minimum absolute atomic E-state index is 0.234. The van der Waals surface area contributed by atoms with Gasteiger partial charge in [-0.25, -0.2) is 8.91 Å². The highest BCUT2D eigenvalue weighted by atomic mass is 32.2. The summed E-state index contributed by atoms with van der Waals surface area (Å²) in [4.78, 5) is 17.2. The Morgan fingerprint density at radius 1 is 1.19 bits per heavy atom. The summed E-state index contributed by atoms with van der Waals surface area (Å²) < 4.78 is 149. The van der Waals surface area contributed by atoms with Gasteiger partial charge in [-0.15, -0.1) is 0 Å². The summed E-state index contributed by atoms with van der Waals surface area (Å²) in [6, 6.07) is -0.00915. The molecule has 0 saturated heterocycles. The third kappa shape index (κ3) is 3.43. The molecule has 17 heteroatoms. The Morgan fingerprint density at radius 3 is 2.56 bits per heavy atom. The van der Waals surface area contributed by atoms with Gasteiger partial charge in [0, 0.05) is 33.7 Å². The van der Waals surface area contributed by atoms with Crippen molar-refractivity contribution in [3.63, 3.8) is 0 Å². The number of carbonyl (C=O) groups is 1. The second-order valence-electron chi connectivity index (χ2n) is 7.64. The van der Waals surface area contributed by atoms with Crippen LogP contribution >= 0.6 is 0 Å². The van der Waals surface area contributed by atoms with Crippen molar-refractivity contribution in [3.05, 3.63) is 52.3 Å². The van der Waals surface area contributed by atoms with Crippen molar-refractivity contribution in [1.82, 2.24) is 19.5 Å². The lowest BCUT2D eigenvalue weighted by molar-refractivity contribution is -0.0530. The second-order valence-corrected chi connectivity index (χ2v) is 9.18.